The Bertz CT molecular complexity index is 443. The minimum atomic E-state index is -0.228. The topological polar surface area (TPSA) is 32.5 Å². The number of halogens is 1. The molecule has 0 aromatic heterocycles. The van der Waals surface area contributed by atoms with Crippen LogP contribution in [0.5, 0.6) is 0 Å². The Kier molecular flexibility index (Phi) is 4.76. The van der Waals surface area contributed by atoms with Crippen LogP contribution >= 0.6 is 0 Å². The number of hydrogen-bond donors (Lipinski definition) is 1. The molecule has 3 rings (SSSR count). The third kappa shape index (κ3) is 4.17. The Hall–Kier alpha value is -1.13. The first kappa shape index (κ1) is 14.8. The third-order valence-corrected chi connectivity index (χ3v) is 4.81. The van der Waals surface area contributed by atoms with Gasteiger partial charge in [0.05, 0.1) is 0 Å². The minimum Gasteiger partial charge on any atom is -0.399 e. The van der Waals surface area contributed by atoms with Gasteiger partial charge in [0.15, 0.2) is 0 Å². The summed E-state index contributed by atoms with van der Waals surface area (Å²) in [5, 5.41) is 0. The molecule has 2 saturated heterocycles. The Labute approximate surface area is 126 Å². The molecule has 2 N–H and O–H groups in total. The van der Waals surface area contributed by atoms with Gasteiger partial charge in [0, 0.05) is 18.8 Å². The van der Waals surface area contributed by atoms with Crippen molar-refractivity contribution in [2.24, 2.45) is 5.92 Å². The Morgan fingerprint density at radius 2 is 1.71 bits per heavy atom. The average molecular weight is 291 g/mol. The first-order valence-corrected chi connectivity index (χ1v) is 8.19. The van der Waals surface area contributed by atoms with Gasteiger partial charge in [-0.3, -0.25) is 4.90 Å². The van der Waals surface area contributed by atoms with Gasteiger partial charge in [-0.25, -0.2) is 4.39 Å². The molecule has 21 heavy (non-hydrogen) atoms. The van der Waals surface area contributed by atoms with Gasteiger partial charge in [0.25, 0.3) is 0 Å². The van der Waals surface area contributed by atoms with Gasteiger partial charge in [-0.15, -0.1) is 0 Å². The van der Waals surface area contributed by atoms with E-state index in [1.165, 1.54) is 51.4 Å². The summed E-state index contributed by atoms with van der Waals surface area (Å²) in [6, 6.07) is 4.87. The quantitative estimate of drug-likeness (QED) is 0.866. The van der Waals surface area contributed by atoms with Crippen LogP contribution in [0.4, 0.5) is 10.1 Å². The predicted molar refractivity (Wildman–Crippen MR) is 84.5 cm³/mol. The van der Waals surface area contributed by atoms with Crippen LogP contribution in [-0.4, -0.2) is 42.5 Å². The zero-order chi connectivity index (χ0) is 14.7. The maximum atomic E-state index is 13.4. The highest BCUT2D eigenvalue weighted by atomic mass is 19.1. The van der Waals surface area contributed by atoms with E-state index in [1.54, 1.807) is 6.07 Å². The number of benzene rings is 1. The molecule has 116 valence electrons. The molecule has 0 amide bonds. The molecule has 0 spiro atoms. The molecule has 2 aliphatic heterocycles. The van der Waals surface area contributed by atoms with Crippen LogP contribution in [0.25, 0.3) is 0 Å². The van der Waals surface area contributed by atoms with Gasteiger partial charge < -0.3 is 10.6 Å². The number of hydrogen-bond acceptors (Lipinski definition) is 3. The summed E-state index contributed by atoms with van der Waals surface area (Å²) >= 11 is 0. The SMILES string of the molecule is Nc1cc(F)cc(CN2CCC(CN3CCCC3)CC2)c1. The molecule has 1 aromatic carbocycles. The average Bonchev–Trinajstić information content (AvgIpc) is 2.93. The lowest BCUT2D eigenvalue weighted by molar-refractivity contribution is 0.149. The van der Waals surface area contributed by atoms with E-state index in [0.29, 0.717) is 5.69 Å². The van der Waals surface area contributed by atoms with Crippen molar-refractivity contribution in [1.82, 2.24) is 9.80 Å². The molecular weight excluding hydrogens is 265 g/mol. The summed E-state index contributed by atoms with van der Waals surface area (Å²) in [6.45, 7) is 6.93. The number of anilines is 1. The van der Waals surface area contributed by atoms with Crippen molar-refractivity contribution in [2.45, 2.75) is 32.2 Å². The molecule has 0 radical (unpaired) electrons. The fraction of sp³-hybridized carbons (Fsp3) is 0.647. The maximum absolute atomic E-state index is 13.4. The zero-order valence-electron chi connectivity index (χ0n) is 12.7. The highest BCUT2D eigenvalue weighted by Gasteiger charge is 2.22. The monoisotopic (exact) mass is 291 g/mol. The third-order valence-electron chi connectivity index (χ3n) is 4.81. The molecule has 0 aliphatic carbocycles. The van der Waals surface area contributed by atoms with Gasteiger partial charge in [-0.2, -0.15) is 0 Å². The number of rotatable bonds is 4. The number of nitrogens with two attached hydrogens (primary N) is 1. The van der Waals surface area contributed by atoms with Crippen molar-refractivity contribution in [3.8, 4) is 0 Å². The van der Waals surface area contributed by atoms with Crippen molar-refractivity contribution < 1.29 is 4.39 Å². The summed E-state index contributed by atoms with van der Waals surface area (Å²) in [7, 11) is 0. The molecule has 3 nitrogen and oxygen atoms in total. The fourth-order valence-electron chi connectivity index (χ4n) is 3.68. The van der Waals surface area contributed by atoms with Crippen molar-refractivity contribution in [3.63, 3.8) is 0 Å². The summed E-state index contributed by atoms with van der Waals surface area (Å²) in [4.78, 5) is 5.04. The first-order valence-electron chi connectivity index (χ1n) is 8.19. The Morgan fingerprint density at radius 3 is 2.38 bits per heavy atom. The van der Waals surface area contributed by atoms with E-state index < -0.39 is 0 Å². The van der Waals surface area contributed by atoms with Crippen LogP contribution in [0.3, 0.4) is 0 Å². The van der Waals surface area contributed by atoms with Gasteiger partial charge >= 0.3 is 0 Å². The van der Waals surface area contributed by atoms with E-state index in [2.05, 4.69) is 9.80 Å². The lowest BCUT2D eigenvalue weighted by Crippen LogP contribution is -2.37. The Morgan fingerprint density at radius 1 is 1.00 bits per heavy atom. The van der Waals surface area contributed by atoms with E-state index in [0.717, 1.165) is 31.1 Å². The molecule has 0 unspecified atom stereocenters. The molecular formula is C17H26FN3. The highest BCUT2D eigenvalue weighted by Crippen LogP contribution is 2.22. The zero-order valence-corrected chi connectivity index (χ0v) is 12.7. The van der Waals surface area contributed by atoms with Gasteiger partial charge in [-0.1, -0.05) is 0 Å². The summed E-state index contributed by atoms with van der Waals surface area (Å²) in [5.41, 5.74) is 7.23. The lowest BCUT2D eigenvalue weighted by Gasteiger charge is -2.33. The number of likely N-dealkylation sites (tertiary alicyclic amines) is 2. The normalized spacial score (nSPS) is 22.0. The standard InChI is InChI=1S/C17H26FN3/c18-16-9-15(10-17(19)11-16)13-21-7-3-14(4-8-21)12-20-5-1-2-6-20/h9-11,14H,1-8,12-13,19H2. The smallest absolute Gasteiger partial charge is 0.125 e. The lowest BCUT2D eigenvalue weighted by atomic mass is 9.96. The Balaban J connectivity index is 1.46. The van der Waals surface area contributed by atoms with Crippen molar-refractivity contribution >= 4 is 5.69 Å². The second-order valence-electron chi connectivity index (χ2n) is 6.62. The van der Waals surface area contributed by atoms with Gasteiger partial charge in [0.1, 0.15) is 5.82 Å². The van der Waals surface area contributed by atoms with Crippen LogP contribution < -0.4 is 5.73 Å². The number of piperidine rings is 1. The van der Waals surface area contributed by atoms with Gasteiger partial charge in [-0.05, 0) is 81.5 Å². The molecule has 0 saturated carbocycles. The second-order valence-corrected chi connectivity index (χ2v) is 6.62. The van der Waals surface area contributed by atoms with Crippen LogP contribution in [0, 0.1) is 11.7 Å². The molecule has 1 aromatic rings. The first-order chi connectivity index (χ1) is 10.2. The van der Waals surface area contributed by atoms with Crippen molar-refractivity contribution in [3.05, 3.63) is 29.6 Å². The van der Waals surface area contributed by atoms with Crippen LogP contribution in [0.1, 0.15) is 31.2 Å². The van der Waals surface area contributed by atoms with Crippen LogP contribution in [0.15, 0.2) is 18.2 Å². The largest absolute Gasteiger partial charge is 0.399 e. The maximum Gasteiger partial charge on any atom is 0.125 e. The second kappa shape index (κ2) is 6.75. The predicted octanol–water partition coefficient (Wildman–Crippen LogP) is 2.72. The van der Waals surface area contributed by atoms with E-state index >= 15 is 0 Å². The molecule has 0 bridgehead atoms. The molecule has 0 atom stereocenters. The molecule has 2 fully saturated rings. The van der Waals surface area contributed by atoms with Gasteiger partial charge in [0.2, 0.25) is 0 Å². The van der Waals surface area contributed by atoms with E-state index in [1.807, 2.05) is 6.07 Å². The molecule has 2 aliphatic rings. The number of nitrogen functional groups attached to an aromatic ring is 1. The summed E-state index contributed by atoms with van der Waals surface area (Å²) in [6.07, 6.45) is 5.28. The highest BCUT2D eigenvalue weighted by molar-refractivity contribution is 5.41. The minimum absolute atomic E-state index is 0.228. The van der Waals surface area contributed by atoms with Crippen molar-refractivity contribution in [2.75, 3.05) is 38.5 Å². The number of nitrogens with zero attached hydrogens (tertiary/aromatic N) is 2. The van der Waals surface area contributed by atoms with E-state index in [4.69, 9.17) is 5.73 Å². The summed E-state index contributed by atoms with van der Waals surface area (Å²) in [5.74, 6) is 0.617. The molecule has 4 heteroatoms. The summed E-state index contributed by atoms with van der Waals surface area (Å²) < 4.78 is 13.4. The van der Waals surface area contributed by atoms with Crippen LogP contribution in [0.2, 0.25) is 0 Å². The van der Waals surface area contributed by atoms with Crippen LogP contribution in [-0.2, 0) is 6.54 Å². The fourth-order valence-corrected chi connectivity index (χ4v) is 3.68. The molecule has 2 heterocycles. The van der Waals surface area contributed by atoms with E-state index in [-0.39, 0.29) is 5.82 Å². The van der Waals surface area contributed by atoms with E-state index in [9.17, 15) is 4.39 Å². The van der Waals surface area contributed by atoms with Crippen molar-refractivity contribution in [1.29, 1.82) is 0 Å².